The molecule has 0 unspecified atom stereocenters. The molecular formula is C22H30N4O2. The van der Waals surface area contributed by atoms with Gasteiger partial charge in [0.2, 0.25) is 5.91 Å². The fourth-order valence-corrected chi connectivity index (χ4v) is 3.31. The number of aryl methyl sites for hydroxylation is 2. The van der Waals surface area contributed by atoms with Gasteiger partial charge in [0.05, 0.1) is 0 Å². The molecule has 1 aromatic carbocycles. The largest absolute Gasteiger partial charge is 0.492 e. The lowest BCUT2D eigenvalue weighted by Gasteiger charge is -2.19. The van der Waals surface area contributed by atoms with Crippen molar-refractivity contribution in [3.8, 4) is 16.9 Å². The molecule has 28 heavy (non-hydrogen) atoms. The highest BCUT2D eigenvalue weighted by Gasteiger charge is 2.29. The van der Waals surface area contributed by atoms with E-state index in [0.29, 0.717) is 6.61 Å². The van der Waals surface area contributed by atoms with Gasteiger partial charge in [0.25, 0.3) is 0 Å². The number of hydrogen-bond acceptors (Lipinski definition) is 5. The van der Waals surface area contributed by atoms with Crippen LogP contribution in [-0.4, -0.2) is 47.5 Å². The van der Waals surface area contributed by atoms with E-state index in [1.807, 2.05) is 32.0 Å². The molecule has 1 saturated carbocycles. The van der Waals surface area contributed by atoms with E-state index >= 15 is 0 Å². The number of carbonyl (C=O) groups excluding carboxylic acids is 1. The smallest absolute Gasteiger partial charge is 0.227 e. The standard InChI is InChI=1S/C22H30N4O2/c1-5-10-26(4)11-12-28-20-9-8-18(25-22(27)17-6-7-17)13-19(20)21-15(2)23-14-24-16(21)3/h8-9,13-14,17H,5-7,10-12H2,1-4H3,(H,25,27). The fraction of sp³-hybridized carbons (Fsp3) is 0.500. The Labute approximate surface area is 167 Å². The molecule has 0 atom stereocenters. The highest BCUT2D eigenvalue weighted by atomic mass is 16.5. The van der Waals surface area contributed by atoms with Crippen molar-refractivity contribution < 1.29 is 9.53 Å². The van der Waals surface area contributed by atoms with Crippen LogP contribution in [0.25, 0.3) is 11.1 Å². The van der Waals surface area contributed by atoms with Gasteiger partial charge in [-0.15, -0.1) is 0 Å². The molecule has 1 aromatic heterocycles. The molecule has 0 bridgehead atoms. The molecule has 1 amide bonds. The maximum absolute atomic E-state index is 12.2. The van der Waals surface area contributed by atoms with E-state index in [2.05, 4.69) is 34.2 Å². The van der Waals surface area contributed by atoms with Gasteiger partial charge in [-0.3, -0.25) is 4.79 Å². The van der Waals surface area contributed by atoms with Crippen molar-refractivity contribution in [2.75, 3.05) is 32.1 Å². The Morgan fingerprint density at radius 2 is 1.93 bits per heavy atom. The van der Waals surface area contributed by atoms with Crippen molar-refractivity contribution in [1.29, 1.82) is 0 Å². The van der Waals surface area contributed by atoms with Gasteiger partial charge in [0.1, 0.15) is 18.7 Å². The minimum atomic E-state index is 0.0959. The van der Waals surface area contributed by atoms with E-state index in [1.54, 1.807) is 6.33 Å². The molecule has 0 saturated heterocycles. The molecule has 1 heterocycles. The maximum Gasteiger partial charge on any atom is 0.227 e. The maximum atomic E-state index is 12.2. The van der Waals surface area contributed by atoms with Gasteiger partial charge in [-0.05, 0) is 64.9 Å². The molecule has 3 rings (SSSR count). The molecule has 150 valence electrons. The summed E-state index contributed by atoms with van der Waals surface area (Å²) in [5, 5.41) is 3.03. The van der Waals surface area contributed by atoms with Crippen LogP contribution in [0.4, 0.5) is 5.69 Å². The summed E-state index contributed by atoms with van der Waals surface area (Å²) in [5.41, 5.74) is 4.45. The van der Waals surface area contributed by atoms with Crippen LogP contribution in [0.15, 0.2) is 24.5 Å². The van der Waals surface area contributed by atoms with E-state index in [9.17, 15) is 4.79 Å². The topological polar surface area (TPSA) is 67.3 Å². The summed E-state index contributed by atoms with van der Waals surface area (Å²) in [7, 11) is 2.10. The van der Waals surface area contributed by atoms with E-state index in [4.69, 9.17) is 4.74 Å². The molecule has 2 aromatic rings. The molecule has 1 fully saturated rings. The summed E-state index contributed by atoms with van der Waals surface area (Å²) in [4.78, 5) is 23.1. The summed E-state index contributed by atoms with van der Waals surface area (Å²) in [6.07, 6.45) is 4.66. The summed E-state index contributed by atoms with van der Waals surface area (Å²) in [5.74, 6) is 1.05. The number of aromatic nitrogens is 2. The Morgan fingerprint density at radius 3 is 2.57 bits per heavy atom. The lowest BCUT2D eigenvalue weighted by atomic mass is 10.0. The fourth-order valence-electron chi connectivity index (χ4n) is 3.31. The van der Waals surface area contributed by atoms with Gasteiger partial charge in [0.15, 0.2) is 0 Å². The summed E-state index contributed by atoms with van der Waals surface area (Å²) in [6, 6.07) is 5.82. The third kappa shape index (κ3) is 5.07. The quantitative estimate of drug-likeness (QED) is 0.714. The number of nitrogens with one attached hydrogen (secondary N) is 1. The molecule has 1 N–H and O–H groups in total. The van der Waals surface area contributed by atoms with Crippen LogP contribution in [-0.2, 0) is 4.79 Å². The van der Waals surface area contributed by atoms with Crippen LogP contribution in [0, 0.1) is 19.8 Å². The van der Waals surface area contributed by atoms with Crippen molar-refractivity contribution in [3.63, 3.8) is 0 Å². The van der Waals surface area contributed by atoms with E-state index in [-0.39, 0.29) is 11.8 Å². The number of carbonyl (C=O) groups is 1. The molecule has 6 nitrogen and oxygen atoms in total. The number of hydrogen-bond donors (Lipinski definition) is 1. The van der Waals surface area contributed by atoms with Crippen LogP contribution in [0.2, 0.25) is 0 Å². The van der Waals surface area contributed by atoms with E-state index in [1.165, 1.54) is 0 Å². The van der Waals surface area contributed by atoms with Crippen molar-refractivity contribution in [1.82, 2.24) is 14.9 Å². The van der Waals surface area contributed by atoms with E-state index in [0.717, 1.165) is 66.3 Å². The number of nitrogens with zero attached hydrogens (tertiary/aromatic N) is 3. The van der Waals surface area contributed by atoms with Crippen LogP contribution >= 0.6 is 0 Å². The lowest BCUT2D eigenvalue weighted by molar-refractivity contribution is -0.117. The zero-order chi connectivity index (χ0) is 20.1. The highest BCUT2D eigenvalue weighted by Crippen LogP contribution is 2.36. The van der Waals surface area contributed by atoms with Gasteiger partial charge in [-0.1, -0.05) is 6.92 Å². The predicted molar refractivity (Wildman–Crippen MR) is 112 cm³/mol. The molecule has 6 heteroatoms. The second-order valence-electron chi connectivity index (χ2n) is 7.55. The Hall–Kier alpha value is -2.47. The molecule has 1 aliphatic carbocycles. The zero-order valence-electron chi connectivity index (χ0n) is 17.3. The third-order valence-electron chi connectivity index (χ3n) is 5.03. The second-order valence-corrected chi connectivity index (χ2v) is 7.55. The summed E-state index contributed by atoms with van der Waals surface area (Å²) in [6.45, 7) is 8.62. The minimum Gasteiger partial charge on any atom is -0.492 e. The third-order valence-corrected chi connectivity index (χ3v) is 5.03. The molecular weight excluding hydrogens is 352 g/mol. The Balaban J connectivity index is 1.86. The second kappa shape index (κ2) is 9.15. The number of amides is 1. The first-order chi connectivity index (χ1) is 13.5. The average molecular weight is 383 g/mol. The Bertz CT molecular complexity index is 813. The van der Waals surface area contributed by atoms with Crippen molar-refractivity contribution >= 4 is 11.6 Å². The number of anilines is 1. The monoisotopic (exact) mass is 382 g/mol. The van der Waals surface area contributed by atoms with Gasteiger partial charge in [-0.2, -0.15) is 0 Å². The van der Waals surface area contributed by atoms with Crippen LogP contribution in [0.5, 0.6) is 5.75 Å². The average Bonchev–Trinajstić information content (AvgIpc) is 3.49. The van der Waals surface area contributed by atoms with Crippen LogP contribution in [0.3, 0.4) is 0 Å². The van der Waals surface area contributed by atoms with Crippen LogP contribution < -0.4 is 10.1 Å². The lowest BCUT2D eigenvalue weighted by Crippen LogP contribution is -2.25. The first-order valence-electron chi connectivity index (χ1n) is 10.0. The zero-order valence-corrected chi connectivity index (χ0v) is 17.3. The van der Waals surface area contributed by atoms with Gasteiger partial charge < -0.3 is 15.0 Å². The molecule has 1 aliphatic rings. The molecule has 0 spiro atoms. The van der Waals surface area contributed by atoms with Gasteiger partial charge >= 0.3 is 0 Å². The van der Waals surface area contributed by atoms with Gasteiger partial charge in [0, 0.05) is 40.7 Å². The minimum absolute atomic E-state index is 0.0959. The molecule has 0 aliphatic heterocycles. The van der Waals surface area contributed by atoms with Crippen molar-refractivity contribution in [2.45, 2.75) is 40.0 Å². The summed E-state index contributed by atoms with van der Waals surface area (Å²) < 4.78 is 6.13. The SMILES string of the molecule is CCCN(C)CCOc1ccc(NC(=O)C2CC2)cc1-c1c(C)ncnc1C. The first kappa shape index (κ1) is 20.3. The Kier molecular flexibility index (Phi) is 6.62. The predicted octanol–water partition coefficient (Wildman–Crippen LogP) is 3.83. The van der Waals surface area contributed by atoms with Gasteiger partial charge in [-0.25, -0.2) is 9.97 Å². The normalized spacial score (nSPS) is 13.6. The molecule has 0 radical (unpaired) electrons. The van der Waals surface area contributed by atoms with Crippen molar-refractivity contribution in [2.24, 2.45) is 5.92 Å². The van der Waals surface area contributed by atoms with Crippen LogP contribution in [0.1, 0.15) is 37.6 Å². The first-order valence-corrected chi connectivity index (χ1v) is 10.0. The summed E-state index contributed by atoms with van der Waals surface area (Å²) >= 11 is 0. The number of likely N-dealkylation sites (N-methyl/N-ethyl adjacent to an activating group) is 1. The number of benzene rings is 1. The number of ether oxygens (including phenoxy) is 1. The van der Waals surface area contributed by atoms with E-state index < -0.39 is 0 Å². The van der Waals surface area contributed by atoms with Crippen molar-refractivity contribution in [3.05, 3.63) is 35.9 Å². The highest BCUT2D eigenvalue weighted by molar-refractivity contribution is 5.95. The Morgan fingerprint density at radius 1 is 1.21 bits per heavy atom. The number of rotatable bonds is 9.